The quantitative estimate of drug-likeness (QED) is 0.673. The van der Waals surface area contributed by atoms with E-state index >= 15 is 0 Å². The lowest BCUT2D eigenvalue weighted by molar-refractivity contribution is 0.271. The number of hydrogen-bond donors (Lipinski definition) is 3. The molecule has 1 atom stereocenters. The first-order chi connectivity index (χ1) is 7.13. The molecule has 0 spiro atoms. The van der Waals surface area contributed by atoms with Crippen LogP contribution in [-0.4, -0.2) is 27.5 Å². The van der Waals surface area contributed by atoms with Crippen LogP contribution in [0, 0.1) is 0 Å². The minimum absolute atomic E-state index is 0.0346. The number of nitrogens with one attached hydrogen (secondary N) is 1. The topological polar surface area (TPSA) is 76.1 Å². The van der Waals surface area contributed by atoms with Crippen molar-refractivity contribution in [1.29, 1.82) is 0 Å². The molecule has 0 amide bonds. The third-order valence-electron chi connectivity index (χ3n) is 2.55. The SMILES string of the molecule is CCc1nn(C)c(NC(CC)CO)c1N. The molecule has 5 heteroatoms. The van der Waals surface area contributed by atoms with E-state index in [0.29, 0.717) is 5.69 Å². The number of aryl methyl sites for hydroxylation is 2. The Kier molecular flexibility index (Phi) is 3.96. The van der Waals surface area contributed by atoms with Gasteiger partial charge in [-0.3, -0.25) is 4.68 Å². The van der Waals surface area contributed by atoms with E-state index in [9.17, 15) is 0 Å². The van der Waals surface area contributed by atoms with Gasteiger partial charge in [-0.15, -0.1) is 0 Å². The highest BCUT2D eigenvalue weighted by Crippen LogP contribution is 2.23. The molecule has 0 bridgehead atoms. The Morgan fingerprint density at radius 1 is 1.53 bits per heavy atom. The monoisotopic (exact) mass is 212 g/mol. The minimum atomic E-state index is 0.0346. The van der Waals surface area contributed by atoms with Crippen LogP contribution >= 0.6 is 0 Å². The maximum absolute atomic E-state index is 9.10. The molecular formula is C10H20N4O. The van der Waals surface area contributed by atoms with Gasteiger partial charge in [0.05, 0.1) is 24.0 Å². The van der Waals surface area contributed by atoms with Crippen molar-refractivity contribution in [2.45, 2.75) is 32.7 Å². The molecule has 86 valence electrons. The second kappa shape index (κ2) is 5.02. The van der Waals surface area contributed by atoms with Crippen molar-refractivity contribution in [3.05, 3.63) is 5.69 Å². The van der Waals surface area contributed by atoms with Gasteiger partial charge in [0.15, 0.2) is 0 Å². The van der Waals surface area contributed by atoms with Crippen LogP contribution in [0.5, 0.6) is 0 Å². The molecule has 1 aromatic rings. The third kappa shape index (κ3) is 2.41. The molecule has 0 saturated carbocycles. The van der Waals surface area contributed by atoms with Crippen molar-refractivity contribution in [2.24, 2.45) is 7.05 Å². The first kappa shape index (κ1) is 11.8. The smallest absolute Gasteiger partial charge is 0.148 e. The predicted octanol–water partition coefficient (Wildman–Crippen LogP) is 0.748. The fourth-order valence-electron chi connectivity index (χ4n) is 1.50. The van der Waals surface area contributed by atoms with Gasteiger partial charge in [0.2, 0.25) is 0 Å². The van der Waals surface area contributed by atoms with E-state index in [1.54, 1.807) is 4.68 Å². The van der Waals surface area contributed by atoms with E-state index in [1.807, 2.05) is 20.9 Å². The largest absolute Gasteiger partial charge is 0.394 e. The number of nitrogen functional groups attached to an aromatic ring is 1. The summed E-state index contributed by atoms with van der Waals surface area (Å²) in [5, 5.41) is 16.6. The number of aliphatic hydroxyl groups is 1. The lowest BCUT2D eigenvalue weighted by atomic mass is 10.2. The average molecular weight is 212 g/mol. The van der Waals surface area contributed by atoms with Crippen molar-refractivity contribution in [2.75, 3.05) is 17.7 Å². The van der Waals surface area contributed by atoms with Crippen LogP contribution in [0.15, 0.2) is 0 Å². The normalized spacial score (nSPS) is 12.8. The summed E-state index contributed by atoms with van der Waals surface area (Å²) in [5.74, 6) is 0.799. The zero-order chi connectivity index (χ0) is 11.4. The van der Waals surface area contributed by atoms with Crippen molar-refractivity contribution in [3.63, 3.8) is 0 Å². The van der Waals surface area contributed by atoms with Crippen molar-refractivity contribution in [3.8, 4) is 0 Å². The number of hydrogen-bond acceptors (Lipinski definition) is 4. The van der Waals surface area contributed by atoms with Gasteiger partial charge in [0.25, 0.3) is 0 Å². The van der Waals surface area contributed by atoms with Gasteiger partial charge in [-0.05, 0) is 12.8 Å². The number of aliphatic hydroxyl groups excluding tert-OH is 1. The van der Waals surface area contributed by atoms with Crippen LogP contribution in [0.2, 0.25) is 0 Å². The van der Waals surface area contributed by atoms with Gasteiger partial charge in [0, 0.05) is 7.05 Å². The number of nitrogens with zero attached hydrogens (tertiary/aromatic N) is 2. The van der Waals surface area contributed by atoms with Gasteiger partial charge >= 0.3 is 0 Å². The molecule has 5 nitrogen and oxygen atoms in total. The molecule has 1 aromatic heterocycles. The van der Waals surface area contributed by atoms with E-state index in [2.05, 4.69) is 10.4 Å². The Labute approximate surface area is 90.3 Å². The summed E-state index contributed by atoms with van der Waals surface area (Å²) in [7, 11) is 1.85. The maximum atomic E-state index is 9.10. The Hall–Kier alpha value is -1.23. The third-order valence-corrected chi connectivity index (χ3v) is 2.55. The van der Waals surface area contributed by atoms with Crippen molar-refractivity contribution < 1.29 is 5.11 Å². The number of nitrogens with two attached hydrogens (primary N) is 1. The summed E-state index contributed by atoms with van der Waals surface area (Å²) in [6.07, 6.45) is 1.67. The lowest BCUT2D eigenvalue weighted by Crippen LogP contribution is -2.24. The van der Waals surface area contributed by atoms with E-state index in [4.69, 9.17) is 10.8 Å². The molecule has 1 rings (SSSR count). The summed E-state index contributed by atoms with van der Waals surface area (Å²) in [5.41, 5.74) is 7.53. The van der Waals surface area contributed by atoms with Crippen LogP contribution in [0.25, 0.3) is 0 Å². The molecular weight excluding hydrogens is 192 g/mol. The van der Waals surface area contributed by atoms with E-state index in [1.165, 1.54) is 0 Å². The Bertz CT molecular complexity index is 317. The summed E-state index contributed by atoms with van der Waals surface area (Å²) < 4.78 is 1.73. The second-order valence-corrected chi connectivity index (χ2v) is 3.62. The van der Waals surface area contributed by atoms with Crippen LogP contribution in [0.4, 0.5) is 11.5 Å². The zero-order valence-electron chi connectivity index (χ0n) is 9.62. The highest BCUT2D eigenvalue weighted by molar-refractivity contribution is 5.65. The first-order valence-corrected chi connectivity index (χ1v) is 5.32. The minimum Gasteiger partial charge on any atom is -0.394 e. The van der Waals surface area contributed by atoms with E-state index < -0.39 is 0 Å². The molecule has 1 heterocycles. The molecule has 0 aliphatic rings. The molecule has 0 saturated heterocycles. The number of anilines is 2. The molecule has 0 aliphatic heterocycles. The van der Waals surface area contributed by atoms with Crippen LogP contribution in [0.1, 0.15) is 26.0 Å². The molecule has 0 radical (unpaired) electrons. The summed E-state index contributed by atoms with van der Waals surface area (Å²) >= 11 is 0. The fourth-order valence-corrected chi connectivity index (χ4v) is 1.50. The molecule has 0 aromatic carbocycles. The Morgan fingerprint density at radius 2 is 2.20 bits per heavy atom. The summed E-state index contributed by atoms with van der Waals surface area (Å²) in [6.45, 7) is 4.13. The van der Waals surface area contributed by atoms with Gasteiger partial charge in [-0.1, -0.05) is 13.8 Å². The van der Waals surface area contributed by atoms with Gasteiger partial charge < -0.3 is 16.2 Å². The molecule has 15 heavy (non-hydrogen) atoms. The molecule has 0 aliphatic carbocycles. The van der Waals surface area contributed by atoms with Gasteiger partial charge in [0.1, 0.15) is 5.82 Å². The Balaban J connectivity index is 2.88. The Morgan fingerprint density at radius 3 is 2.60 bits per heavy atom. The predicted molar refractivity (Wildman–Crippen MR) is 61.8 cm³/mol. The lowest BCUT2D eigenvalue weighted by Gasteiger charge is -2.15. The summed E-state index contributed by atoms with van der Waals surface area (Å²) in [6, 6.07) is 0.0346. The van der Waals surface area contributed by atoms with Crippen LogP contribution in [-0.2, 0) is 13.5 Å². The summed E-state index contributed by atoms with van der Waals surface area (Å²) in [4.78, 5) is 0. The zero-order valence-corrected chi connectivity index (χ0v) is 9.62. The average Bonchev–Trinajstić information content (AvgIpc) is 2.51. The highest BCUT2D eigenvalue weighted by atomic mass is 16.3. The first-order valence-electron chi connectivity index (χ1n) is 5.32. The van der Waals surface area contributed by atoms with Crippen LogP contribution < -0.4 is 11.1 Å². The van der Waals surface area contributed by atoms with Gasteiger partial charge in [-0.25, -0.2) is 0 Å². The number of rotatable bonds is 5. The van der Waals surface area contributed by atoms with Crippen LogP contribution in [0.3, 0.4) is 0 Å². The van der Waals surface area contributed by atoms with E-state index in [0.717, 1.165) is 24.4 Å². The molecule has 0 fully saturated rings. The second-order valence-electron chi connectivity index (χ2n) is 3.62. The van der Waals surface area contributed by atoms with E-state index in [-0.39, 0.29) is 12.6 Å². The maximum Gasteiger partial charge on any atom is 0.148 e. The number of aromatic nitrogens is 2. The van der Waals surface area contributed by atoms with Crippen molar-refractivity contribution >= 4 is 11.5 Å². The van der Waals surface area contributed by atoms with Gasteiger partial charge in [-0.2, -0.15) is 5.10 Å². The standard InChI is InChI=1S/C10H20N4O/c1-4-7(6-15)12-10-9(11)8(5-2)13-14(10)3/h7,12,15H,4-6,11H2,1-3H3. The molecule has 1 unspecified atom stereocenters. The molecule has 4 N–H and O–H groups in total. The fraction of sp³-hybridized carbons (Fsp3) is 0.700. The highest BCUT2D eigenvalue weighted by Gasteiger charge is 2.14. The van der Waals surface area contributed by atoms with Crippen molar-refractivity contribution in [1.82, 2.24) is 9.78 Å².